The number of nitrogens with zero attached hydrogens (tertiary/aromatic N) is 1. The molecule has 1 aromatic carbocycles. The largest absolute Gasteiger partial charge is 0.336 e. The minimum absolute atomic E-state index is 0.0619. The molecule has 1 aliphatic rings. The maximum Gasteiger partial charge on any atom is 0.255 e. The van der Waals surface area contributed by atoms with E-state index in [1.807, 2.05) is 0 Å². The van der Waals surface area contributed by atoms with Crippen molar-refractivity contribution >= 4 is 29.1 Å². The third-order valence-electron chi connectivity index (χ3n) is 2.79. The van der Waals surface area contributed by atoms with Crippen LogP contribution in [0.1, 0.15) is 10.4 Å². The molecule has 0 atom stereocenters. The first-order valence-corrected chi connectivity index (χ1v) is 5.78. The molecule has 86 valence electrons. The van der Waals surface area contributed by atoms with Crippen LogP contribution in [0.3, 0.4) is 0 Å². The number of amides is 1. The number of benzene rings is 1. The van der Waals surface area contributed by atoms with Crippen LogP contribution in [0.15, 0.2) is 18.2 Å². The Labute approximate surface area is 104 Å². The Morgan fingerprint density at radius 3 is 2.62 bits per heavy atom. The van der Waals surface area contributed by atoms with Gasteiger partial charge in [-0.1, -0.05) is 23.2 Å². The summed E-state index contributed by atoms with van der Waals surface area (Å²) in [5.41, 5.74) is 0.500. The Kier molecular flexibility index (Phi) is 3.38. The van der Waals surface area contributed by atoms with E-state index in [0.29, 0.717) is 15.6 Å². The van der Waals surface area contributed by atoms with E-state index >= 15 is 0 Å². The van der Waals surface area contributed by atoms with Crippen LogP contribution in [0.4, 0.5) is 0 Å². The Morgan fingerprint density at radius 1 is 1.44 bits per heavy atom. The molecule has 2 rings (SSSR count). The molecule has 1 heterocycles. The minimum Gasteiger partial charge on any atom is -0.336 e. The van der Waals surface area contributed by atoms with Crippen molar-refractivity contribution < 1.29 is 4.79 Å². The standard InChI is InChI=1S/C11H12Cl2N2O/c1-15(8-5-14-6-8)11(16)9-3-2-7(12)4-10(9)13/h2-4,8,14H,5-6H2,1H3. The number of carbonyl (C=O) groups is 1. The van der Waals surface area contributed by atoms with Gasteiger partial charge in [0.05, 0.1) is 16.6 Å². The molecule has 0 spiro atoms. The highest BCUT2D eigenvalue weighted by Crippen LogP contribution is 2.22. The molecule has 0 aliphatic carbocycles. The van der Waals surface area contributed by atoms with Gasteiger partial charge in [0.15, 0.2) is 0 Å². The minimum atomic E-state index is -0.0619. The maximum absolute atomic E-state index is 12.1. The van der Waals surface area contributed by atoms with E-state index in [-0.39, 0.29) is 11.9 Å². The van der Waals surface area contributed by atoms with E-state index in [2.05, 4.69) is 5.32 Å². The smallest absolute Gasteiger partial charge is 0.255 e. The van der Waals surface area contributed by atoms with Gasteiger partial charge in [0.25, 0.3) is 5.91 Å². The summed E-state index contributed by atoms with van der Waals surface area (Å²) in [6, 6.07) is 5.19. The molecule has 0 radical (unpaired) electrons. The lowest BCUT2D eigenvalue weighted by atomic mass is 10.1. The van der Waals surface area contributed by atoms with Crippen molar-refractivity contribution in [1.29, 1.82) is 0 Å². The highest BCUT2D eigenvalue weighted by molar-refractivity contribution is 6.36. The SMILES string of the molecule is CN(C(=O)c1ccc(Cl)cc1Cl)C1CNC1. The molecular formula is C11H12Cl2N2O. The second-order valence-corrected chi connectivity index (χ2v) is 4.70. The monoisotopic (exact) mass is 258 g/mol. The summed E-state index contributed by atoms with van der Waals surface area (Å²) in [7, 11) is 1.79. The van der Waals surface area contributed by atoms with Crippen LogP contribution < -0.4 is 5.32 Å². The van der Waals surface area contributed by atoms with Gasteiger partial charge in [0.2, 0.25) is 0 Å². The van der Waals surface area contributed by atoms with Crippen LogP contribution in [0.25, 0.3) is 0 Å². The molecule has 1 N–H and O–H groups in total. The van der Waals surface area contributed by atoms with Gasteiger partial charge in [-0.15, -0.1) is 0 Å². The number of nitrogens with one attached hydrogen (secondary N) is 1. The van der Waals surface area contributed by atoms with Crippen LogP contribution in [-0.2, 0) is 0 Å². The van der Waals surface area contributed by atoms with E-state index < -0.39 is 0 Å². The van der Waals surface area contributed by atoms with Crippen molar-refractivity contribution in [3.05, 3.63) is 33.8 Å². The number of carbonyl (C=O) groups excluding carboxylic acids is 1. The summed E-state index contributed by atoms with van der Waals surface area (Å²) >= 11 is 11.8. The molecule has 1 fully saturated rings. The zero-order chi connectivity index (χ0) is 11.7. The average Bonchev–Trinajstić information content (AvgIpc) is 2.14. The fourth-order valence-corrected chi connectivity index (χ4v) is 2.06. The molecule has 5 heteroatoms. The highest BCUT2D eigenvalue weighted by Gasteiger charge is 2.26. The third-order valence-corrected chi connectivity index (χ3v) is 3.34. The number of hydrogen-bond acceptors (Lipinski definition) is 2. The average molecular weight is 259 g/mol. The second kappa shape index (κ2) is 4.62. The van der Waals surface area contributed by atoms with Crippen LogP contribution in [0.2, 0.25) is 10.0 Å². The van der Waals surface area contributed by atoms with E-state index in [9.17, 15) is 4.79 Å². The van der Waals surface area contributed by atoms with Gasteiger partial charge in [0.1, 0.15) is 0 Å². The fourth-order valence-electron chi connectivity index (χ4n) is 1.57. The lowest BCUT2D eigenvalue weighted by molar-refractivity contribution is 0.0681. The van der Waals surface area contributed by atoms with Gasteiger partial charge < -0.3 is 10.2 Å². The van der Waals surface area contributed by atoms with Crippen molar-refractivity contribution in [2.45, 2.75) is 6.04 Å². The normalized spacial score (nSPS) is 15.7. The Morgan fingerprint density at radius 2 is 2.12 bits per heavy atom. The first kappa shape index (κ1) is 11.7. The van der Waals surface area contributed by atoms with Crippen LogP contribution >= 0.6 is 23.2 Å². The lowest BCUT2D eigenvalue weighted by Crippen LogP contribution is -2.57. The maximum atomic E-state index is 12.1. The lowest BCUT2D eigenvalue weighted by Gasteiger charge is -2.35. The topological polar surface area (TPSA) is 32.3 Å². The zero-order valence-corrected chi connectivity index (χ0v) is 10.3. The van der Waals surface area contributed by atoms with Crippen LogP contribution in [0, 0.1) is 0 Å². The molecule has 3 nitrogen and oxygen atoms in total. The fraction of sp³-hybridized carbons (Fsp3) is 0.364. The Hall–Kier alpha value is -0.770. The molecule has 1 amide bonds. The summed E-state index contributed by atoms with van der Waals surface area (Å²) < 4.78 is 0. The molecule has 1 saturated heterocycles. The Balaban J connectivity index is 2.19. The van der Waals surface area contributed by atoms with Gasteiger partial charge >= 0.3 is 0 Å². The first-order valence-electron chi connectivity index (χ1n) is 5.02. The van der Waals surface area contributed by atoms with Crippen molar-refractivity contribution in [3.8, 4) is 0 Å². The van der Waals surface area contributed by atoms with Crippen molar-refractivity contribution in [3.63, 3.8) is 0 Å². The van der Waals surface area contributed by atoms with E-state index in [4.69, 9.17) is 23.2 Å². The summed E-state index contributed by atoms with van der Waals surface area (Å²) in [5.74, 6) is -0.0619. The van der Waals surface area contributed by atoms with Gasteiger partial charge in [-0.2, -0.15) is 0 Å². The predicted octanol–water partition coefficient (Wildman–Crippen LogP) is 2.04. The predicted molar refractivity (Wildman–Crippen MR) is 65.2 cm³/mol. The van der Waals surface area contributed by atoms with Crippen molar-refractivity contribution in [1.82, 2.24) is 10.2 Å². The molecule has 0 bridgehead atoms. The summed E-state index contributed by atoms with van der Waals surface area (Å²) in [5, 5.41) is 4.06. The molecule has 0 saturated carbocycles. The number of hydrogen-bond donors (Lipinski definition) is 1. The van der Waals surface area contributed by atoms with Gasteiger partial charge in [0, 0.05) is 25.2 Å². The van der Waals surface area contributed by atoms with E-state index in [1.165, 1.54) is 0 Å². The quantitative estimate of drug-likeness (QED) is 0.881. The molecular weight excluding hydrogens is 247 g/mol. The van der Waals surface area contributed by atoms with E-state index in [1.54, 1.807) is 30.1 Å². The van der Waals surface area contributed by atoms with Gasteiger partial charge in [-0.25, -0.2) is 0 Å². The molecule has 1 aromatic rings. The second-order valence-electron chi connectivity index (χ2n) is 3.85. The van der Waals surface area contributed by atoms with Gasteiger partial charge in [-0.3, -0.25) is 4.79 Å². The summed E-state index contributed by atoms with van der Waals surface area (Å²) in [6.45, 7) is 1.68. The zero-order valence-electron chi connectivity index (χ0n) is 8.84. The molecule has 0 unspecified atom stereocenters. The van der Waals surface area contributed by atoms with Crippen molar-refractivity contribution in [2.24, 2.45) is 0 Å². The Bertz CT molecular complexity index is 418. The highest BCUT2D eigenvalue weighted by atomic mass is 35.5. The number of rotatable bonds is 2. The van der Waals surface area contributed by atoms with E-state index in [0.717, 1.165) is 13.1 Å². The summed E-state index contributed by atoms with van der Waals surface area (Å²) in [6.07, 6.45) is 0. The van der Waals surface area contributed by atoms with Crippen LogP contribution in [0.5, 0.6) is 0 Å². The third kappa shape index (κ3) is 2.17. The first-order chi connectivity index (χ1) is 7.59. The van der Waals surface area contributed by atoms with Crippen LogP contribution in [-0.4, -0.2) is 37.0 Å². The molecule has 1 aliphatic heterocycles. The number of halogens is 2. The van der Waals surface area contributed by atoms with Crippen molar-refractivity contribution in [2.75, 3.05) is 20.1 Å². The number of likely N-dealkylation sites (N-methyl/N-ethyl adjacent to an activating group) is 1. The summed E-state index contributed by atoms with van der Waals surface area (Å²) in [4.78, 5) is 13.8. The van der Waals surface area contributed by atoms with Gasteiger partial charge in [-0.05, 0) is 18.2 Å². The molecule has 0 aromatic heterocycles. The molecule has 16 heavy (non-hydrogen) atoms.